The van der Waals surface area contributed by atoms with E-state index in [0.717, 1.165) is 27.0 Å². The number of H-pyrrole nitrogens is 1. The first-order valence-electron chi connectivity index (χ1n) is 9.84. The number of allylic oxidation sites excluding steroid dienone is 7. The van der Waals surface area contributed by atoms with E-state index in [1.54, 1.807) is 24.4 Å². The summed E-state index contributed by atoms with van der Waals surface area (Å²) in [4.78, 5) is 21.3. The molecule has 31 heavy (non-hydrogen) atoms. The number of aromatic nitrogens is 2. The Balaban J connectivity index is 1.89. The maximum absolute atomic E-state index is 13.2. The van der Waals surface area contributed by atoms with Crippen molar-refractivity contribution in [1.29, 1.82) is 0 Å². The van der Waals surface area contributed by atoms with Gasteiger partial charge in [0.25, 0.3) is 0 Å². The van der Waals surface area contributed by atoms with Crippen LogP contribution in [0.2, 0.25) is 0 Å². The zero-order chi connectivity index (χ0) is 22.7. The van der Waals surface area contributed by atoms with E-state index >= 15 is 0 Å². The Hall–Kier alpha value is -3.54. The largest absolute Gasteiger partial charge is 0.339 e. The molecule has 2 aromatic rings. The van der Waals surface area contributed by atoms with Gasteiger partial charge in [0.2, 0.25) is 0 Å². The maximum atomic E-state index is 13.2. The lowest BCUT2D eigenvalue weighted by Gasteiger charge is -2.23. The summed E-state index contributed by atoms with van der Waals surface area (Å²) in [5.74, 6) is 0.00122. The summed E-state index contributed by atoms with van der Waals surface area (Å²) in [5, 5.41) is 0.800. The van der Waals surface area contributed by atoms with E-state index in [9.17, 15) is 13.6 Å². The van der Waals surface area contributed by atoms with E-state index in [1.807, 2.05) is 26.0 Å². The Labute approximate surface area is 180 Å². The van der Waals surface area contributed by atoms with Crippen LogP contribution >= 0.6 is 0 Å². The highest BCUT2D eigenvalue weighted by Crippen LogP contribution is 2.28. The van der Waals surface area contributed by atoms with Crippen LogP contribution in [0, 0.1) is 0 Å². The summed E-state index contributed by atoms with van der Waals surface area (Å²) < 4.78 is 26.4. The molecule has 0 saturated heterocycles. The molecule has 0 aliphatic carbocycles. The Morgan fingerprint density at radius 2 is 2.03 bits per heavy atom. The molecule has 3 heterocycles. The number of ketones is 1. The van der Waals surface area contributed by atoms with Gasteiger partial charge in [-0.3, -0.25) is 9.69 Å². The number of halogens is 2. The molecular weight excluding hydrogens is 396 g/mol. The average molecular weight is 421 g/mol. The zero-order valence-electron chi connectivity index (χ0n) is 17.7. The number of alkyl halides is 2. The fraction of sp³-hybridized carbons (Fsp3) is 0.200. The van der Waals surface area contributed by atoms with Gasteiger partial charge in [-0.25, -0.2) is 4.98 Å². The maximum Gasteiger partial charge on any atom is 0.318 e. The fourth-order valence-electron chi connectivity index (χ4n) is 3.37. The number of fused-ring (bicyclic) bond motifs is 1. The molecule has 0 bridgehead atoms. The molecule has 1 aliphatic rings. The molecule has 0 amide bonds. The van der Waals surface area contributed by atoms with Gasteiger partial charge in [0.05, 0.1) is 0 Å². The number of hydrogen-bond donors (Lipinski definition) is 1. The third-order valence-corrected chi connectivity index (χ3v) is 5.26. The molecule has 0 aromatic carbocycles. The van der Waals surface area contributed by atoms with Crippen molar-refractivity contribution < 1.29 is 13.6 Å². The molecule has 0 saturated carbocycles. The molecule has 0 fully saturated rings. The summed E-state index contributed by atoms with van der Waals surface area (Å²) in [6, 6.07) is 3.72. The fourth-order valence-corrected chi connectivity index (χ4v) is 3.37. The second-order valence-electron chi connectivity index (χ2n) is 7.54. The minimum absolute atomic E-state index is 0.00122. The summed E-state index contributed by atoms with van der Waals surface area (Å²) in [6.45, 7) is 12.4. The number of hydrogen-bond acceptors (Lipinski definition) is 3. The van der Waals surface area contributed by atoms with Crippen LogP contribution in [0.25, 0.3) is 16.6 Å². The van der Waals surface area contributed by atoms with Gasteiger partial charge in [-0.05, 0) is 55.7 Å². The average Bonchev–Trinajstić information content (AvgIpc) is 3.14. The molecular formula is C25H25F2N3O. The second kappa shape index (κ2) is 9.08. The van der Waals surface area contributed by atoms with Gasteiger partial charge in [-0.2, -0.15) is 8.78 Å². The lowest BCUT2D eigenvalue weighted by Crippen LogP contribution is -2.23. The van der Waals surface area contributed by atoms with Crippen LogP contribution in [0.5, 0.6) is 0 Å². The molecule has 3 rings (SSSR count). The van der Waals surface area contributed by atoms with Crippen LogP contribution in [0.1, 0.15) is 31.5 Å². The van der Waals surface area contributed by atoms with Gasteiger partial charge >= 0.3 is 6.55 Å². The van der Waals surface area contributed by atoms with Crippen molar-refractivity contribution in [2.45, 2.75) is 33.2 Å². The normalized spacial score (nSPS) is 14.7. The van der Waals surface area contributed by atoms with Gasteiger partial charge in [0.1, 0.15) is 5.65 Å². The smallest absolute Gasteiger partial charge is 0.318 e. The topological polar surface area (TPSA) is 49.0 Å². The molecule has 6 heteroatoms. The van der Waals surface area contributed by atoms with Crippen LogP contribution in [0.15, 0.2) is 84.9 Å². The number of nitrogens with one attached hydrogen (secondary N) is 1. The van der Waals surface area contributed by atoms with Crippen molar-refractivity contribution >= 4 is 22.4 Å². The van der Waals surface area contributed by atoms with E-state index < -0.39 is 6.55 Å². The first kappa shape index (κ1) is 22.2. The highest BCUT2D eigenvalue weighted by atomic mass is 19.3. The standard InChI is InChI=1S/C25H25F2N3O/c1-6-7-21(17(5)15(2)3)23(31)11-18-10-20-12-22(29-24(20)28-13-18)19-9-8-16(4)30(14-19)25(26)27/h6,8-10,12-14,25H,1-2,4,7,11H2,3,5H3,(H,28,29). The van der Waals surface area contributed by atoms with Gasteiger partial charge in [-0.1, -0.05) is 24.8 Å². The Bertz CT molecular complexity index is 1160. The molecule has 1 N–H and O–H groups in total. The number of rotatable bonds is 8. The van der Waals surface area contributed by atoms with Gasteiger partial charge in [-0.15, -0.1) is 6.58 Å². The predicted molar refractivity (Wildman–Crippen MR) is 121 cm³/mol. The van der Waals surface area contributed by atoms with Crippen LogP contribution in [-0.4, -0.2) is 27.2 Å². The van der Waals surface area contributed by atoms with Crippen molar-refractivity contribution in [2.24, 2.45) is 0 Å². The van der Waals surface area contributed by atoms with Crippen molar-refractivity contribution in [3.63, 3.8) is 0 Å². The van der Waals surface area contributed by atoms with Crippen LogP contribution in [0.4, 0.5) is 8.78 Å². The Morgan fingerprint density at radius 3 is 2.68 bits per heavy atom. The lowest BCUT2D eigenvalue weighted by molar-refractivity contribution is -0.115. The molecule has 160 valence electrons. The number of nitrogens with zero attached hydrogens (tertiary/aromatic N) is 2. The van der Waals surface area contributed by atoms with Gasteiger partial charge in [0.15, 0.2) is 5.78 Å². The Kier molecular flexibility index (Phi) is 6.49. The number of pyridine rings is 1. The van der Waals surface area contributed by atoms with E-state index in [4.69, 9.17) is 0 Å². The monoisotopic (exact) mass is 421 g/mol. The first-order valence-corrected chi connectivity index (χ1v) is 9.84. The van der Waals surface area contributed by atoms with E-state index in [0.29, 0.717) is 28.9 Å². The summed E-state index contributed by atoms with van der Waals surface area (Å²) in [5.41, 5.74) is 5.29. The minimum Gasteiger partial charge on any atom is -0.339 e. The van der Waals surface area contributed by atoms with Gasteiger partial charge in [0, 0.05) is 46.7 Å². The molecule has 0 radical (unpaired) electrons. The highest BCUT2D eigenvalue weighted by Gasteiger charge is 2.19. The van der Waals surface area contributed by atoms with Crippen LogP contribution < -0.4 is 0 Å². The number of carbonyl (C=O) groups excluding carboxylic acids is 1. The third-order valence-electron chi connectivity index (χ3n) is 5.26. The van der Waals surface area contributed by atoms with Crippen molar-refractivity contribution in [1.82, 2.24) is 14.9 Å². The number of carbonyl (C=O) groups is 1. The summed E-state index contributed by atoms with van der Waals surface area (Å²) in [7, 11) is 0. The van der Waals surface area contributed by atoms with Crippen molar-refractivity contribution in [2.75, 3.05) is 0 Å². The zero-order valence-corrected chi connectivity index (χ0v) is 17.7. The Morgan fingerprint density at radius 1 is 1.29 bits per heavy atom. The lowest BCUT2D eigenvalue weighted by atomic mass is 9.94. The van der Waals surface area contributed by atoms with E-state index in [-0.39, 0.29) is 17.9 Å². The summed E-state index contributed by atoms with van der Waals surface area (Å²) >= 11 is 0. The van der Waals surface area contributed by atoms with E-state index in [2.05, 4.69) is 29.7 Å². The minimum atomic E-state index is -2.67. The first-order chi connectivity index (χ1) is 14.7. The predicted octanol–water partition coefficient (Wildman–Crippen LogP) is 6.09. The van der Waals surface area contributed by atoms with Gasteiger partial charge < -0.3 is 4.98 Å². The van der Waals surface area contributed by atoms with Crippen molar-refractivity contribution in [3.05, 3.63) is 96.2 Å². The molecule has 0 atom stereocenters. The quantitative estimate of drug-likeness (QED) is 0.243. The second-order valence-corrected chi connectivity index (χ2v) is 7.54. The molecule has 2 aromatic heterocycles. The molecule has 1 aliphatic heterocycles. The third kappa shape index (κ3) is 4.79. The summed E-state index contributed by atoms with van der Waals surface area (Å²) in [6.07, 6.45) is 8.68. The SMILES string of the molecule is C=CCC(C(=O)Cc1cnc2[nH]c(C3=CN(C(F)F)C(=C)C=C3)cc2c1)=C(C)C(=C)C. The number of aromatic amines is 1. The van der Waals surface area contributed by atoms with Crippen LogP contribution in [0.3, 0.4) is 0 Å². The van der Waals surface area contributed by atoms with Crippen molar-refractivity contribution in [3.8, 4) is 0 Å². The number of Topliss-reactive ketones (excluding diaryl/α,β-unsaturated/α-hetero) is 1. The molecule has 4 nitrogen and oxygen atoms in total. The highest BCUT2D eigenvalue weighted by molar-refractivity contribution is 5.98. The molecule has 0 spiro atoms. The molecule has 0 unspecified atom stereocenters. The van der Waals surface area contributed by atoms with Crippen LogP contribution in [-0.2, 0) is 11.2 Å². The van der Waals surface area contributed by atoms with E-state index in [1.165, 1.54) is 6.20 Å².